The number of rotatable bonds is 21. The van der Waals surface area contributed by atoms with Crippen LogP contribution in [-0.2, 0) is 4.79 Å². The molecule has 0 amide bonds. The molecule has 6 nitrogen and oxygen atoms in total. The Kier molecular flexibility index (Phi) is 20.3. The van der Waals surface area contributed by atoms with Gasteiger partial charge in [-0.15, -0.1) is 0 Å². The van der Waals surface area contributed by atoms with Crippen LogP contribution in [0.1, 0.15) is 103 Å². The van der Waals surface area contributed by atoms with Crippen LogP contribution in [-0.4, -0.2) is 78.4 Å². The van der Waals surface area contributed by atoms with E-state index in [1.54, 1.807) is 0 Å². The van der Waals surface area contributed by atoms with Crippen molar-refractivity contribution in [2.45, 2.75) is 113 Å². The van der Waals surface area contributed by atoms with Gasteiger partial charge in [0.15, 0.2) is 0 Å². The normalized spacial score (nSPS) is 14.9. The van der Waals surface area contributed by atoms with Gasteiger partial charge in [-0.2, -0.15) is 0 Å². The molecule has 0 radical (unpaired) electrons. The molecule has 1 saturated heterocycles. The minimum atomic E-state index is -0.664. The molecule has 2 aliphatic rings. The van der Waals surface area contributed by atoms with Gasteiger partial charge in [0.1, 0.15) is 0 Å². The van der Waals surface area contributed by atoms with E-state index < -0.39 is 5.97 Å². The number of unbranched alkanes of at least 4 members (excludes halogenated alkanes) is 11. The van der Waals surface area contributed by atoms with E-state index in [2.05, 4.69) is 70.2 Å². The molecule has 2 aromatic carbocycles. The molecule has 8 heteroatoms. The van der Waals surface area contributed by atoms with E-state index in [0.29, 0.717) is 6.42 Å². The zero-order valence-corrected chi connectivity index (χ0v) is 30.5. The fourth-order valence-electron chi connectivity index (χ4n) is 6.22. The minimum absolute atomic E-state index is 0.258. The number of carboxylic acids is 1. The molecule has 0 unspecified atom stereocenters. The highest BCUT2D eigenvalue weighted by Crippen LogP contribution is 2.48. The number of aliphatic carboxylic acids is 1. The molecule has 2 N–H and O–H groups in total. The number of aliphatic hydroxyl groups is 1. The summed E-state index contributed by atoms with van der Waals surface area (Å²) in [6.45, 7) is 9.71. The van der Waals surface area contributed by atoms with E-state index in [1.165, 1.54) is 91.8 Å². The predicted molar refractivity (Wildman–Crippen MR) is 201 cm³/mol. The maximum atomic E-state index is 10.3. The topological polar surface area (TPSA) is 67.2 Å². The Morgan fingerprint density at radius 2 is 1.34 bits per heavy atom. The van der Waals surface area contributed by atoms with E-state index in [0.717, 1.165) is 70.1 Å². The molecule has 47 heavy (non-hydrogen) atoms. The number of anilines is 2. The fourth-order valence-corrected chi connectivity index (χ4v) is 7.46. The van der Waals surface area contributed by atoms with Crippen LogP contribution in [0.25, 0.3) is 0 Å². The summed E-state index contributed by atoms with van der Waals surface area (Å²) >= 11 is 8.12. The third kappa shape index (κ3) is 15.8. The highest BCUT2D eigenvalue weighted by atomic mass is 35.5. The number of carbonyl (C=O) groups is 1. The molecular formula is C39H60ClN3O3S. The van der Waals surface area contributed by atoms with Crippen LogP contribution in [0.5, 0.6) is 0 Å². The van der Waals surface area contributed by atoms with Gasteiger partial charge in [-0.25, -0.2) is 0 Å². The van der Waals surface area contributed by atoms with Crippen LogP contribution in [0.15, 0.2) is 64.4 Å². The summed E-state index contributed by atoms with van der Waals surface area (Å²) in [4.78, 5) is 20.2. The summed E-state index contributed by atoms with van der Waals surface area (Å²) in [5, 5.41) is 18.4. The van der Waals surface area contributed by atoms with Crippen molar-refractivity contribution in [2.24, 2.45) is 0 Å². The molecule has 0 bridgehead atoms. The quantitative estimate of drug-likeness (QED) is 0.100. The smallest absolute Gasteiger partial charge is 0.303 e. The zero-order valence-electron chi connectivity index (χ0n) is 28.9. The van der Waals surface area contributed by atoms with Crippen LogP contribution in [0.3, 0.4) is 0 Å². The molecule has 2 aromatic rings. The van der Waals surface area contributed by atoms with Gasteiger partial charge in [0.2, 0.25) is 0 Å². The van der Waals surface area contributed by atoms with E-state index >= 15 is 0 Å². The molecule has 1 fully saturated rings. The van der Waals surface area contributed by atoms with Gasteiger partial charge in [-0.3, -0.25) is 9.69 Å². The van der Waals surface area contributed by atoms with Crippen LogP contribution >= 0.6 is 23.4 Å². The van der Waals surface area contributed by atoms with Gasteiger partial charge >= 0.3 is 5.97 Å². The van der Waals surface area contributed by atoms with Gasteiger partial charge in [-0.1, -0.05) is 106 Å². The molecule has 0 aliphatic carbocycles. The highest BCUT2D eigenvalue weighted by Gasteiger charge is 2.24. The summed E-state index contributed by atoms with van der Waals surface area (Å²) in [6, 6.07) is 14.8. The van der Waals surface area contributed by atoms with Gasteiger partial charge in [0, 0.05) is 60.5 Å². The molecule has 0 aromatic heterocycles. The Balaban J connectivity index is 0.000000270. The molecule has 2 aliphatic heterocycles. The lowest BCUT2D eigenvalue weighted by Gasteiger charge is -2.36. The van der Waals surface area contributed by atoms with E-state index in [-0.39, 0.29) is 6.61 Å². The Bertz CT molecular complexity index is 1170. The summed E-state index contributed by atoms with van der Waals surface area (Å²) in [5.74, 6) is -0.664. The van der Waals surface area contributed by atoms with Crippen molar-refractivity contribution in [1.29, 1.82) is 0 Å². The number of allylic oxidation sites excluding steroid dienone is 2. The lowest BCUT2D eigenvalue weighted by molar-refractivity contribution is -0.137. The molecule has 262 valence electrons. The van der Waals surface area contributed by atoms with Crippen LogP contribution in [0, 0.1) is 0 Å². The third-order valence-corrected chi connectivity index (χ3v) is 10.3. The number of piperazine rings is 1. The average molecular weight is 686 g/mol. The molecule has 0 saturated carbocycles. The van der Waals surface area contributed by atoms with Gasteiger partial charge < -0.3 is 20.0 Å². The molecule has 0 atom stereocenters. The van der Waals surface area contributed by atoms with Crippen molar-refractivity contribution in [3.05, 3.63) is 59.6 Å². The number of fused-ring (bicyclic) bond motifs is 2. The molecule has 0 spiro atoms. The Labute approximate surface area is 294 Å². The number of benzene rings is 2. The van der Waals surface area contributed by atoms with Crippen molar-refractivity contribution < 1.29 is 15.0 Å². The average Bonchev–Trinajstić information content (AvgIpc) is 3.07. The number of para-hydroxylation sites is 1. The molecule has 4 rings (SSSR count). The number of hydrogen-bond donors (Lipinski definition) is 2. The molecular weight excluding hydrogens is 626 g/mol. The van der Waals surface area contributed by atoms with E-state index in [9.17, 15) is 4.79 Å². The van der Waals surface area contributed by atoms with Crippen molar-refractivity contribution in [1.82, 2.24) is 9.80 Å². The summed E-state index contributed by atoms with van der Waals surface area (Å²) in [5.41, 5.74) is 2.50. The first kappa shape index (κ1) is 39.4. The zero-order chi connectivity index (χ0) is 33.5. The molecule has 2 heterocycles. The number of hydrogen-bond acceptors (Lipinski definition) is 6. The fraction of sp³-hybridized carbons (Fsp3) is 0.615. The van der Waals surface area contributed by atoms with Crippen molar-refractivity contribution >= 4 is 40.7 Å². The van der Waals surface area contributed by atoms with Gasteiger partial charge in [0.05, 0.1) is 18.0 Å². The van der Waals surface area contributed by atoms with E-state index in [4.69, 9.17) is 21.8 Å². The summed E-state index contributed by atoms with van der Waals surface area (Å²) < 4.78 is 0. The van der Waals surface area contributed by atoms with Gasteiger partial charge in [0.25, 0.3) is 0 Å². The number of nitrogens with zero attached hydrogens (tertiary/aromatic N) is 3. The maximum Gasteiger partial charge on any atom is 0.303 e. The first-order valence-electron chi connectivity index (χ1n) is 18.3. The second-order valence-electron chi connectivity index (χ2n) is 12.8. The lowest BCUT2D eigenvalue weighted by Crippen LogP contribution is -2.47. The second kappa shape index (κ2) is 24.2. The second-order valence-corrected chi connectivity index (χ2v) is 14.3. The lowest BCUT2D eigenvalue weighted by atomic mass is 10.1. The monoisotopic (exact) mass is 685 g/mol. The number of β-amino-alcohol motifs (C(OH)–C–C–N with tert-alkyl or cyclic N) is 1. The Hall–Kier alpha value is -2.03. The van der Waals surface area contributed by atoms with Gasteiger partial charge in [-0.05, 0) is 75.4 Å². The number of halogens is 1. The Morgan fingerprint density at radius 3 is 2.00 bits per heavy atom. The maximum absolute atomic E-state index is 10.3. The van der Waals surface area contributed by atoms with Crippen molar-refractivity contribution in [2.75, 3.05) is 57.3 Å². The van der Waals surface area contributed by atoms with Crippen LogP contribution < -0.4 is 4.90 Å². The summed E-state index contributed by atoms with van der Waals surface area (Å²) in [6.07, 6.45) is 22.4. The third-order valence-electron chi connectivity index (χ3n) is 8.98. The largest absolute Gasteiger partial charge is 0.481 e. The standard InChI is InChI=1S/C21H26ClN3OS.C18H34O2/c22-17-6-7-21-19(16-17)25(18-4-1-2-5-20(18)27-21)9-3-8-23-10-12-24(13-11-23)14-15-26;1-2-3-4-5-6-7-8-9-10-11-12-13-14-15-16-17-18(19)20/h1-2,4-7,16,26H,3,8-15H2;9-10H,2-8,11-17H2,1H3,(H,19,20). The Morgan fingerprint density at radius 1 is 0.745 bits per heavy atom. The minimum Gasteiger partial charge on any atom is -0.481 e. The van der Waals surface area contributed by atoms with Crippen molar-refractivity contribution in [3.63, 3.8) is 0 Å². The van der Waals surface area contributed by atoms with Crippen LogP contribution in [0.4, 0.5) is 11.4 Å². The summed E-state index contributed by atoms with van der Waals surface area (Å²) in [7, 11) is 0. The predicted octanol–water partition coefficient (Wildman–Crippen LogP) is 10.1. The number of carboxylic acid groups (broad SMARTS) is 1. The SMILES string of the molecule is CCCCCCCCC=CCCCCCCCC(=O)O.OCCN1CCN(CCCN2c3ccccc3Sc3ccc(Cl)cc32)CC1. The first-order valence-corrected chi connectivity index (χ1v) is 19.5. The van der Waals surface area contributed by atoms with Crippen molar-refractivity contribution in [3.8, 4) is 0 Å². The van der Waals surface area contributed by atoms with Crippen LogP contribution in [0.2, 0.25) is 5.02 Å². The highest BCUT2D eigenvalue weighted by molar-refractivity contribution is 7.99. The number of aliphatic hydroxyl groups excluding tert-OH is 1. The first-order chi connectivity index (χ1) is 23.0. The van der Waals surface area contributed by atoms with E-state index in [1.807, 2.05) is 17.8 Å².